The van der Waals surface area contributed by atoms with E-state index >= 15 is 0 Å². The molecule has 2 rings (SSSR count). The van der Waals surface area contributed by atoms with E-state index < -0.39 is 11.7 Å². The third-order valence-electron chi connectivity index (χ3n) is 4.68. The summed E-state index contributed by atoms with van der Waals surface area (Å²) < 4.78 is 5.43. The number of aromatic carboxylic acids is 1. The van der Waals surface area contributed by atoms with E-state index in [-0.39, 0.29) is 35.0 Å². The Morgan fingerprint density at radius 2 is 1.73 bits per heavy atom. The van der Waals surface area contributed by atoms with Crippen LogP contribution >= 0.6 is 0 Å². The maximum Gasteiger partial charge on any atom is 0.339 e. The molecular weight excluding hydrogens is 386 g/mol. The van der Waals surface area contributed by atoms with Crippen LogP contribution in [0.1, 0.15) is 60.9 Å². The van der Waals surface area contributed by atoms with Gasteiger partial charge in [-0.3, -0.25) is 9.59 Å². The lowest BCUT2D eigenvalue weighted by atomic mass is 9.84. The number of hydrogen-bond donors (Lipinski definition) is 2. The number of benzene rings is 2. The minimum Gasteiger partial charge on any atom is -0.507 e. The van der Waals surface area contributed by atoms with Crippen molar-refractivity contribution >= 4 is 23.3 Å². The van der Waals surface area contributed by atoms with Crippen molar-refractivity contribution in [2.24, 2.45) is 0 Å². The van der Waals surface area contributed by atoms with Crippen molar-refractivity contribution in [1.82, 2.24) is 0 Å². The molecule has 0 aliphatic carbocycles. The van der Waals surface area contributed by atoms with Gasteiger partial charge in [0.2, 0.25) is 5.91 Å². The number of hydrogen-bond acceptors (Lipinski definition) is 5. The molecule has 2 aromatic rings. The molecule has 0 saturated heterocycles. The van der Waals surface area contributed by atoms with E-state index in [1.54, 1.807) is 23.1 Å². The van der Waals surface area contributed by atoms with Crippen molar-refractivity contribution in [2.45, 2.75) is 40.0 Å². The summed E-state index contributed by atoms with van der Waals surface area (Å²) in [6.45, 7) is 9.68. The summed E-state index contributed by atoms with van der Waals surface area (Å²) in [7, 11) is 0. The summed E-state index contributed by atoms with van der Waals surface area (Å²) >= 11 is 0. The molecule has 2 aromatic carbocycles. The monoisotopic (exact) mass is 413 g/mol. The molecule has 1 amide bonds. The van der Waals surface area contributed by atoms with Crippen LogP contribution in [0.5, 0.6) is 11.5 Å². The smallest absolute Gasteiger partial charge is 0.339 e. The topological polar surface area (TPSA) is 104 Å². The molecule has 0 aliphatic rings. The maximum absolute atomic E-state index is 12.7. The Morgan fingerprint density at radius 1 is 1.07 bits per heavy atom. The Morgan fingerprint density at radius 3 is 2.23 bits per heavy atom. The highest BCUT2D eigenvalue weighted by molar-refractivity contribution is 5.99. The van der Waals surface area contributed by atoms with Crippen LogP contribution in [0.4, 0.5) is 5.69 Å². The maximum atomic E-state index is 12.7. The SMILES string of the molecule is CCN(C(C)=O)c1ccc(C(=O)COc2ccc(C(=O)O)c(O)c2)cc1C(C)(C)C. The molecule has 30 heavy (non-hydrogen) atoms. The van der Waals surface area contributed by atoms with Crippen molar-refractivity contribution in [2.75, 3.05) is 18.1 Å². The van der Waals surface area contributed by atoms with Gasteiger partial charge in [0, 0.05) is 30.8 Å². The first-order chi connectivity index (χ1) is 14.0. The first-order valence-corrected chi connectivity index (χ1v) is 9.60. The van der Waals surface area contributed by atoms with Gasteiger partial charge in [0.25, 0.3) is 0 Å². The average molecular weight is 413 g/mol. The Bertz CT molecular complexity index is 974. The summed E-state index contributed by atoms with van der Waals surface area (Å²) in [6, 6.07) is 8.96. The van der Waals surface area contributed by atoms with Crippen LogP contribution in [-0.2, 0) is 10.2 Å². The predicted octanol–water partition coefficient (Wildman–Crippen LogP) is 4.02. The fraction of sp³-hybridized carbons (Fsp3) is 0.348. The lowest BCUT2D eigenvalue weighted by Crippen LogP contribution is -2.31. The zero-order valence-electron chi connectivity index (χ0n) is 17.9. The number of aromatic hydroxyl groups is 1. The number of phenols is 1. The molecule has 0 aromatic heterocycles. The van der Waals surface area contributed by atoms with Crippen molar-refractivity contribution in [3.05, 3.63) is 53.1 Å². The van der Waals surface area contributed by atoms with E-state index in [0.717, 1.165) is 17.3 Å². The third kappa shape index (κ3) is 5.17. The molecule has 0 unspecified atom stereocenters. The summed E-state index contributed by atoms with van der Waals surface area (Å²) in [5, 5.41) is 18.7. The summed E-state index contributed by atoms with van der Waals surface area (Å²) in [5.74, 6) is -1.85. The zero-order valence-corrected chi connectivity index (χ0v) is 17.9. The molecule has 7 heteroatoms. The molecule has 160 valence electrons. The van der Waals surface area contributed by atoms with Crippen LogP contribution in [0.15, 0.2) is 36.4 Å². The highest BCUT2D eigenvalue weighted by Crippen LogP contribution is 2.33. The molecule has 0 fully saturated rings. The van der Waals surface area contributed by atoms with Gasteiger partial charge in [-0.05, 0) is 48.2 Å². The Hall–Kier alpha value is -3.35. The second-order valence-corrected chi connectivity index (χ2v) is 7.94. The summed E-state index contributed by atoms with van der Waals surface area (Å²) in [5.41, 5.74) is 1.53. The van der Waals surface area contributed by atoms with Gasteiger partial charge in [-0.1, -0.05) is 20.8 Å². The van der Waals surface area contributed by atoms with Gasteiger partial charge in [-0.25, -0.2) is 4.79 Å². The average Bonchev–Trinajstić information content (AvgIpc) is 2.65. The predicted molar refractivity (Wildman–Crippen MR) is 114 cm³/mol. The lowest BCUT2D eigenvalue weighted by molar-refractivity contribution is -0.116. The van der Waals surface area contributed by atoms with Crippen molar-refractivity contribution in [3.63, 3.8) is 0 Å². The number of anilines is 1. The highest BCUT2D eigenvalue weighted by atomic mass is 16.5. The van der Waals surface area contributed by atoms with Crippen LogP contribution in [0.2, 0.25) is 0 Å². The number of carbonyl (C=O) groups excluding carboxylic acids is 2. The molecule has 0 heterocycles. The minimum atomic E-state index is -1.25. The normalized spacial score (nSPS) is 11.1. The van der Waals surface area contributed by atoms with Crippen molar-refractivity contribution in [3.8, 4) is 11.5 Å². The van der Waals surface area contributed by atoms with Gasteiger partial charge in [-0.15, -0.1) is 0 Å². The molecule has 2 N–H and O–H groups in total. The standard InChI is InChI=1S/C23H27NO6/c1-6-24(14(2)25)19-10-7-15(11-18(19)23(3,4)5)21(27)13-30-16-8-9-17(22(28)29)20(26)12-16/h7-12,26H,6,13H2,1-5H3,(H,28,29). The van der Waals surface area contributed by atoms with E-state index in [1.165, 1.54) is 19.1 Å². The van der Waals surface area contributed by atoms with E-state index in [9.17, 15) is 19.5 Å². The number of carboxylic acids is 1. The summed E-state index contributed by atoms with van der Waals surface area (Å²) in [4.78, 5) is 37.3. The number of rotatable bonds is 7. The number of Topliss-reactive ketones (excluding diaryl/α,β-unsaturated/α-hetero) is 1. The molecule has 0 spiro atoms. The molecule has 0 saturated carbocycles. The van der Waals surface area contributed by atoms with E-state index in [1.807, 2.05) is 27.7 Å². The fourth-order valence-corrected chi connectivity index (χ4v) is 3.12. The van der Waals surface area contributed by atoms with Crippen molar-refractivity contribution in [1.29, 1.82) is 0 Å². The number of amides is 1. The van der Waals surface area contributed by atoms with Crippen LogP contribution in [-0.4, -0.2) is 41.0 Å². The van der Waals surface area contributed by atoms with Gasteiger partial charge in [0.1, 0.15) is 17.1 Å². The number of ether oxygens (including phenoxy) is 1. The Kier molecular flexibility index (Phi) is 6.87. The van der Waals surface area contributed by atoms with Gasteiger partial charge >= 0.3 is 5.97 Å². The molecule has 0 aliphatic heterocycles. The van der Waals surface area contributed by atoms with Gasteiger partial charge in [0.05, 0.1) is 0 Å². The Labute approximate surface area is 175 Å². The number of carbonyl (C=O) groups is 3. The van der Waals surface area contributed by atoms with Gasteiger partial charge in [0.15, 0.2) is 12.4 Å². The third-order valence-corrected chi connectivity index (χ3v) is 4.68. The fourth-order valence-electron chi connectivity index (χ4n) is 3.12. The second-order valence-electron chi connectivity index (χ2n) is 7.94. The molecule has 0 bridgehead atoms. The Balaban J connectivity index is 2.27. The zero-order chi connectivity index (χ0) is 22.6. The molecule has 7 nitrogen and oxygen atoms in total. The summed E-state index contributed by atoms with van der Waals surface area (Å²) in [6.07, 6.45) is 0. The van der Waals surface area contributed by atoms with E-state index in [4.69, 9.17) is 9.84 Å². The first kappa shape index (κ1) is 22.9. The largest absolute Gasteiger partial charge is 0.507 e. The molecule has 0 atom stereocenters. The van der Waals surface area contributed by atoms with Crippen molar-refractivity contribution < 1.29 is 29.3 Å². The molecule has 0 radical (unpaired) electrons. The van der Waals surface area contributed by atoms with E-state index in [0.29, 0.717) is 12.1 Å². The number of nitrogens with zero attached hydrogens (tertiary/aromatic N) is 1. The lowest BCUT2D eigenvalue weighted by Gasteiger charge is -2.29. The second kappa shape index (κ2) is 8.98. The highest BCUT2D eigenvalue weighted by Gasteiger charge is 2.24. The van der Waals surface area contributed by atoms with Gasteiger partial charge in [-0.2, -0.15) is 0 Å². The first-order valence-electron chi connectivity index (χ1n) is 9.60. The quantitative estimate of drug-likeness (QED) is 0.665. The number of carboxylic acid groups (broad SMARTS) is 1. The minimum absolute atomic E-state index is 0.0741. The number of ketones is 1. The van der Waals surface area contributed by atoms with Gasteiger partial charge < -0.3 is 19.8 Å². The van der Waals surface area contributed by atoms with Crippen LogP contribution in [0, 0.1) is 0 Å². The van der Waals surface area contributed by atoms with Crippen LogP contribution in [0.25, 0.3) is 0 Å². The van der Waals surface area contributed by atoms with E-state index in [2.05, 4.69) is 0 Å². The van der Waals surface area contributed by atoms with Crippen LogP contribution < -0.4 is 9.64 Å². The van der Waals surface area contributed by atoms with Crippen LogP contribution in [0.3, 0.4) is 0 Å². The molecular formula is C23H27NO6.